The van der Waals surface area contributed by atoms with Crippen molar-refractivity contribution in [3.63, 3.8) is 0 Å². The van der Waals surface area contributed by atoms with E-state index in [1.165, 1.54) is 7.11 Å². The van der Waals surface area contributed by atoms with Gasteiger partial charge in [0.1, 0.15) is 0 Å². The van der Waals surface area contributed by atoms with Gasteiger partial charge in [-0.1, -0.05) is 13.0 Å². The summed E-state index contributed by atoms with van der Waals surface area (Å²) >= 11 is 0. The van der Waals surface area contributed by atoms with Crippen LogP contribution in [0, 0.1) is 0 Å². The number of benzene rings is 1. The molecule has 0 aliphatic carbocycles. The fourth-order valence-corrected chi connectivity index (χ4v) is 2.98. The number of hydrogen-bond donors (Lipinski definition) is 2. The standard InChI is InChI=1S/C14H22N2O4S/c1-4-11-6-7-13(12(10-11)14(17)20-3)16-21(18,19)9-5-8-15-2/h6-7,10,15-16H,4-5,8-9H2,1-3H3. The molecule has 0 amide bonds. The number of hydrogen-bond acceptors (Lipinski definition) is 5. The Labute approximate surface area is 125 Å². The van der Waals surface area contributed by atoms with E-state index in [1.807, 2.05) is 6.92 Å². The normalized spacial score (nSPS) is 11.2. The van der Waals surface area contributed by atoms with Gasteiger partial charge in [0.05, 0.1) is 24.1 Å². The molecule has 0 heterocycles. The molecule has 0 spiro atoms. The van der Waals surface area contributed by atoms with Gasteiger partial charge in [-0.2, -0.15) is 0 Å². The van der Waals surface area contributed by atoms with Crippen LogP contribution in [0.4, 0.5) is 5.69 Å². The molecule has 2 N–H and O–H groups in total. The number of ether oxygens (including phenoxy) is 1. The molecule has 0 aromatic heterocycles. The Kier molecular flexibility index (Phi) is 6.64. The van der Waals surface area contributed by atoms with Gasteiger partial charge in [-0.3, -0.25) is 4.72 Å². The van der Waals surface area contributed by atoms with Crippen molar-refractivity contribution in [2.45, 2.75) is 19.8 Å². The molecule has 0 saturated carbocycles. The summed E-state index contributed by atoms with van der Waals surface area (Å²) in [6.07, 6.45) is 1.24. The highest BCUT2D eigenvalue weighted by atomic mass is 32.2. The number of rotatable bonds is 8. The van der Waals surface area contributed by atoms with E-state index in [-0.39, 0.29) is 17.0 Å². The summed E-state index contributed by atoms with van der Waals surface area (Å²) in [5.74, 6) is -0.567. The van der Waals surface area contributed by atoms with Crippen LogP contribution in [0.25, 0.3) is 0 Å². The zero-order valence-electron chi connectivity index (χ0n) is 12.6. The van der Waals surface area contributed by atoms with Crippen LogP contribution in [-0.2, 0) is 21.2 Å². The average Bonchev–Trinajstić information content (AvgIpc) is 2.46. The van der Waals surface area contributed by atoms with Crippen LogP contribution in [0.3, 0.4) is 0 Å². The van der Waals surface area contributed by atoms with Gasteiger partial charge in [0.15, 0.2) is 0 Å². The molecule has 0 atom stereocenters. The van der Waals surface area contributed by atoms with E-state index in [1.54, 1.807) is 25.2 Å². The lowest BCUT2D eigenvalue weighted by Crippen LogP contribution is -2.21. The lowest BCUT2D eigenvalue weighted by Gasteiger charge is -2.12. The Morgan fingerprint density at radius 2 is 2.05 bits per heavy atom. The first kappa shape index (κ1) is 17.5. The molecule has 0 saturated heterocycles. The summed E-state index contributed by atoms with van der Waals surface area (Å²) < 4.78 is 31.2. The monoisotopic (exact) mass is 314 g/mol. The highest BCUT2D eigenvalue weighted by Gasteiger charge is 2.17. The Hall–Kier alpha value is -1.60. The minimum atomic E-state index is -3.49. The van der Waals surface area contributed by atoms with Crippen molar-refractivity contribution >= 4 is 21.7 Å². The molecule has 7 heteroatoms. The predicted molar refractivity (Wildman–Crippen MR) is 83.1 cm³/mol. The van der Waals surface area contributed by atoms with Crippen LogP contribution in [-0.4, -0.2) is 40.8 Å². The van der Waals surface area contributed by atoms with Crippen LogP contribution in [0.1, 0.15) is 29.3 Å². The second kappa shape index (κ2) is 7.99. The fraction of sp³-hybridized carbons (Fsp3) is 0.500. The van der Waals surface area contributed by atoms with Gasteiger partial charge in [-0.05, 0) is 44.1 Å². The first-order valence-electron chi connectivity index (χ1n) is 6.79. The molecule has 0 unspecified atom stereocenters. The Bertz CT molecular complexity index is 585. The first-order valence-corrected chi connectivity index (χ1v) is 8.45. The summed E-state index contributed by atoms with van der Waals surface area (Å²) in [6.45, 7) is 2.57. The zero-order chi connectivity index (χ0) is 15.9. The second-order valence-corrected chi connectivity index (χ2v) is 6.44. The second-order valence-electron chi connectivity index (χ2n) is 4.60. The molecule has 1 rings (SSSR count). The van der Waals surface area contributed by atoms with Crippen molar-refractivity contribution in [1.82, 2.24) is 5.32 Å². The number of aryl methyl sites for hydroxylation is 1. The number of nitrogens with one attached hydrogen (secondary N) is 2. The number of carbonyl (C=O) groups is 1. The molecule has 0 aliphatic rings. The maximum absolute atomic E-state index is 12.0. The summed E-state index contributed by atoms with van der Waals surface area (Å²) in [5, 5.41) is 2.89. The highest BCUT2D eigenvalue weighted by molar-refractivity contribution is 7.92. The molecule has 0 bridgehead atoms. The number of carbonyl (C=O) groups excluding carboxylic acids is 1. The van der Waals surface area contributed by atoms with Crippen LogP contribution in [0.15, 0.2) is 18.2 Å². The van der Waals surface area contributed by atoms with E-state index in [9.17, 15) is 13.2 Å². The van der Waals surface area contributed by atoms with Crippen molar-refractivity contribution in [2.24, 2.45) is 0 Å². The van der Waals surface area contributed by atoms with Crippen molar-refractivity contribution < 1.29 is 17.9 Å². The highest BCUT2D eigenvalue weighted by Crippen LogP contribution is 2.20. The van der Waals surface area contributed by atoms with Crippen LogP contribution < -0.4 is 10.0 Å². The van der Waals surface area contributed by atoms with Gasteiger partial charge in [-0.25, -0.2) is 13.2 Å². The Balaban J connectivity index is 2.99. The zero-order valence-corrected chi connectivity index (χ0v) is 13.4. The third kappa shape index (κ3) is 5.35. The molecule has 6 nitrogen and oxygen atoms in total. The van der Waals surface area contributed by atoms with E-state index in [4.69, 9.17) is 4.74 Å². The molecular formula is C14H22N2O4S. The third-order valence-electron chi connectivity index (χ3n) is 3.00. The quantitative estimate of drug-likeness (QED) is 0.559. The van der Waals surface area contributed by atoms with E-state index < -0.39 is 16.0 Å². The Morgan fingerprint density at radius 3 is 2.62 bits per heavy atom. The minimum absolute atomic E-state index is 0.00994. The van der Waals surface area contributed by atoms with E-state index >= 15 is 0 Å². The smallest absolute Gasteiger partial charge is 0.340 e. The van der Waals surface area contributed by atoms with Gasteiger partial charge in [0, 0.05) is 0 Å². The Morgan fingerprint density at radius 1 is 1.33 bits per heavy atom. The maximum Gasteiger partial charge on any atom is 0.340 e. The van der Waals surface area contributed by atoms with Crippen molar-refractivity contribution in [3.05, 3.63) is 29.3 Å². The van der Waals surface area contributed by atoms with Crippen molar-refractivity contribution in [3.8, 4) is 0 Å². The number of methoxy groups -OCH3 is 1. The summed E-state index contributed by atoms with van der Waals surface area (Å²) in [6, 6.07) is 5.04. The lowest BCUT2D eigenvalue weighted by molar-refractivity contribution is 0.0602. The number of sulfonamides is 1. The molecule has 21 heavy (non-hydrogen) atoms. The first-order chi connectivity index (χ1) is 9.93. The lowest BCUT2D eigenvalue weighted by atomic mass is 10.1. The van der Waals surface area contributed by atoms with E-state index in [2.05, 4.69) is 10.0 Å². The topological polar surface area (TPSA) is 84.5 Å². The number of anilines is 1. The third-order valence-corrected chi connectivity index (χ3v) is 4.36. The van der Waals surface area contributed by atoms with Gasteiger partial charge in [0.25, 0.3) is 0 Å². The molecule has 0 aliphatic heterocycles. The molecule has 0 fully saturated rings. The summed E-state index contributed by atoms with van der Waals surface area (Å²) in [4.78, 5) is 11.8. The van der Waals surface area contributed by atoms with Crippen molar-refractivity contribution in [2.75, 3.05) is 31.2 Å². The van der Waals surface area contributed by atoms with Gasteiger partial charge >= 0.3 is 5.97 Å². The maximum atomic E-state index is 12.0. The molecule has 1 aromatic carbocycles. The average molecular weight is 314 g/mol. The van der Waals surface area contributed by atoms with Gasteiger partial charge in [0.2, 0.25) is 10.0 Å². The summed E-state index contributed by atoms with van der Waals surface area (Å²) in [7, 11) is -0.456. The predicted octanol–water partition coefficient (Wildman–Crippen LogP) is 1.39. The summed E-state index contributed by atoms with van der Waals surface area (Å²) in [5.41, 5.74) is 1.42. The molecule has 1 aromatic rings. The van der Waals surface area contributed by atoms with Gasteiger partial charge < -0.3 is 10.1 Å². The van der Waals surface area contributed by atoms with Crippen molar-refractivity contribution in [1.29, 1.82) is 0 Å². The molecule has 0 radical (unpaired) electrons. The molecule has 118 valence electrons. The van der Waals surface area contributed by atoms with E-state index in [0.29, 0.717) is 13.0 Å². The minimum Gasteiger partial charge on any atom is -0.465 e. The SMILES string of the molecule is CCc1ccc(NS(=O)(=O)CCCNC)c(C(=O)OC)c1. The van der Waals surface area contributed by atoms with Crippen LogP contribution >= 0.6 is 0 Å². The van der Waals surface area contributed by atoms with Gasteiger partial charge in [-0.15, -0.1) is 0 Å². The largest absolute Gasteiger partial charge is 0.465 e. The molecular weight excluding hydrogens is 292 g/mol. The van der Waals surface area contributed by atoms with Crippen LogP contribution in [0.5, 0.6) is 0 Å². The fourth-order valence-electron chi connectivity index (χ4n) is 1.84. The number of esters is 1. The van der Waals surface area contributed by atoms with Crippen LogP contribution in [0.2, 0.25) is 0 Å². The van der Waals surface area contributed by atoms with E-state index in [0.717, 1.165) is 12.0 Å².